The van der Waals surface area contributed by atoms with Crippen LogP contribution in [0.2, 0.25) is 0 Å². The number of carbonyl (C=O) groups is 1. The quantitative estimate of drug-likeness (QED) is 0.420. The second-order valence-electron chi connectivity index (χ2n) is 3.66. The summed E-state index contributed by atoms with van der Waals surface area (Å²) in [6.45, 7) is 9.00. The molecule has 0 bridgehead atoms. The van der Waals surface area contributed by atoms with Gasteiger partial charge in [-0.1, -0.05) is 6.92 Å². The van der Waals surface area contributed by atoms with Gasteiger partial charge in [-0.25, -0.2) is 0 Å². The van der Waals surface area contributed by atoms with Gasteiger partial charge in [-0.2, -0.15) is 0 Å². The van der Waals surface area contributed by atoms with Gasteiger partial charge < -0.3 is 20.1 Å². The summed E-state index contributed by atoms with van der Waals surface area (Å²) in [5.41, 5.74) is 0. The van der Waals surface area contributed by atoms with Crippen LogP contribution in [0.1, 0.15) is 33.6 Å². The molecule has 102 valence electrons. The lowest BCUT2D eigenvalue weighted by molar-refractivity contribution is -0.139. The third kappa shape index (κ3) is 10.2. The fourth-order valence-corrected chi connectivity index (χ4v) is 1.34. The zero-order valence-corrected chi connectivity index (χ0v) is 11.3. The van der Waals surface area contributed by atoms with Crippen molar-refractivity contribution in [3.8, 4) is 0 Å². The van der Waals surface area contributed by atoms with Crippen LogP contribution in [0, 0.1) is 0 Å². The van der Waals surface area contributed by atoms with Gasteiger partial charge in [0, 0.05) is 32.7 Å². The van der Waals surface area contributed by atoms with Crippen LogP contribution in [-0.2, 0) is 14.3 Å². The van der Waals surface area contributed by atoms with Gasteiger partial charge in [-0.05, 0) is 20.3 Å². The maximum Gasteiger partial charge on any atom is 0.233 e. The maximum atomic E-state index is 11.3. The topological polar surface area (TPSA) is 59.6 Å². The smallest absolute Gasteiger partial charge is 0.233 e. The van der Waals surface area contributed by atoms with Gasteiger partial charge in [0.1, 0.15) is 0 Å². The van der Waals surface area contributed by atoms with Gasteiger partial charge in [-0.15, -0.1) is 0 Å². The molecule has 2 N–H and O–H groups in total. The highest BCUT2D eigenvalue weighted by Gasteiger charge is 2.07. The number of hydrogen-bond donors (Lipinski definition) is 2. The van der Waals surface area contributed by atoms with E-state index in [1.165, 1.54) is 0 Å². The Labute approximate surface area is 104 Å². The summed E-state index contributed by atoms with van der Waals surface area (Å²) in [6, 6.07) is 0. The monoisotopic (exact) mass is 246 g/mol. The molecule has 1 amide bonds. The molecule has 5 heteroatoms. The molecule has 0 saturated carbocycles. The standard InChI is InChI=1S/C12H26N2O3/c1-4-8-14-11(15)10-13-9-7-12(16-5-2)17-6-3/h12-13H,4-10H2,1-3H3,(H,14,15). The average molecular weight is 246 g/mol. The molecule has 0 fully saturated rings. The second-order valence-corrected chi connectivity index (χ2v) is 3.66. The fourth-order valence-electron chi connectivity index (χ4n) is 1.34. The van der Waals surface area contributed by atoms with Crippen LogP contribution in [0.15, 0.2) is 0 Å². The number of rotatable bonds is 11. The van der Waals surface area contributed by atoms with Gasteiger partial charge in [0.15, 0.2) is 6.29 Å². The number of nitrogens with one attached hydrogen (secondary N) is 2. The Morgan fingerprint density at radius 3 is 2.29 bits per heavy atom. The summed E-state index contributed by atoms with van der Waals surface area (Å²) in [7, 11) is 0. The Balaban J connectivity index is 3.49. The molecule has 17 heavy (non-hydrogen) atoms. The Morgan fingerprint density at radius 1 is 1.12 bits per heavy atom. The molecule has 5 nitrogen and oxygen atoms in total. The molecule has 0 aliphatic heterocycles. The van der Waals surface area contributed by atoms with E-state index < -0.39 is 0 Å². The molecule has 0 radical (unpaired) electrons. The predicted octanol–water partition coefficient (Wildman–Crippen LogP) is 0.891. The minimum atomic E-state index is -0.170. The summed E-state index contributed by atoms with van der Waals surface area (Å²) in [5.74, 6) is 0.0382. The van der Waals surface area contributed by atoms with Crippen molar-refractivity contribution < 1.29 is 14.3 Å². The largest absolute Gasteiger partial charge is 0.355 e. The fraction of sp³-hybridized carbons (Fsp3) is 0.917. The first-order valence-electron chi connectivity index (χ1n) is 6.45. The molecular formula is C12H26N2O3. The summed E-state index contributed by atoms with van der Waals surface area (Å²) >= 11 is 0. The summed E-state index contributed by atoms with van der Waals surface area (Å²) in [5, 5.41) is 5.88. The van der Waals surface area contributed by atoms with Crippen molar-refractivity contribution >= 4 is 5.91 Å². The Hall–Kier alpha value is -0.650. The minimum absolute atomic E-state index is 0.0382. The van der Waals surface area contributed by atoms with Crippen molar-refractivity contribution in [3.05, 3.63) is 0 Å². The van der Waals surface area contributed by atoms with E-state index in [0.29, 0.717) is 26.3 Å². The lowest BCUT2D eigenvalue weighted by atomic mass is 10.4. The first-order chi connectivity index (χ1) is 8.24. The van der Waals surface area contributed by atoms with E-state index >= 15 is 0 Å². The highest BCUT2D eigenvalue weighted by atomic mass is 16.7. The SMILES string of the molecule is CCCNC(=O)CNCCC(OCC)OCC. The Bertz CT molecular complexity index is 183. The van der Waals surface area contributed by atoms with Crippen molar-refractivity contribution in [3.63, 3.8) is 0 Å². The highest BCUT2D eigenvalue weighted by molar-refractivity contribution is 5.77. The molecule has 0 aromatic rings. The highest BCUT2D eigenvalue weighted by Crippen LogP contribution is 1.99. The normalized spacial score (nSPS) is 10.8. The lowest BCUT2D eigenvalue weighted by Crippen LogP contribution is -2.35. The van der Waals surface area contributed by atoms with E-state index in [4.69, 9.17) is 9.47 Å². The first-order valence-corrected chi connectivity index (χ1v) is 6.45. The molecule has 0 atom stereocenters. The van der Waals surface area contributed by atoms with Gasteiger partial charge in [0.05, 0.1) is 6.54 Å². The van der Waals surface area contributed by atoms with Crippen LogP contribution < -0.4 is 10.6 Å². The third-order valence-corrected chi connectivity index (χ3v) is 2.12. The van der Waals surface area contributed by atoms with Gasteiger partial charge in [0.2, 0.25) is 5.91 Å². The molecule has 0 rings (SSSR count). The molecule has 0 spiro atoms. The molecular weight excluding hydrogens is 220 g/mol. The van der Waals surface area contributed by atoms with E-state index in [0.717, 1.165) is 19.4 Å². The lowest BCUT2D eigenvalue weighted by Gasteiger charge is -2.16. The van der Waals surface area contributed by atoms with E-state index in [1.54, 1.807) is 0 Å². The van der Waals surface area contributed by atoms with Crippen LogP contribution in [0.5, 0.6) is 0 Å². The van der Waals surface area contributed by atoms with Crippen LogP contribution in [0.4, 0.5) is 0 Å². The maximum absolute atomic E-state index is 11.3. The van der Waals surface area contributed by atoms with Crippen molar-refractivity contribution in [2.75, 3.05) is 32.8 Å². The summed E-state index contributed by atoms with van der Waals surface area (Å²) < 4.78 is 10.8. The number of ether oxygens (including phenoxy) is 2. The summed E-state index contributed by atoms with van der Waals surface area (Å²) in [6.07, 6.45) is 1.54. The Kier molecular flexibility index (Phi) is 11.4. The molecule has 0 heterocycles. The van der Waals surface area contributed by atoms with Crippen molar-refractivity contribution in [2.45, 2.75) is 39.9 Å². The van der Waals surface area contributed by atoms with Crippen LogP contribution in [0.25, 0.3) is 0 Å². The average Bonchev–Trinajstić information content (AvgIpc) is 2.32. The molecule has 0 aromatic heterocycles. The zero-order chi connectivity index (χ0) is 12.9. The second kappa shape index (κ2) is 11.8. The Morgan fingerprint density at radius 2 is 1.76 bits per heavy atom. The first kappa shape index (κ1) is 16.4. The van der Waals surface area contributed by atoms with E-state index in [2.05, 4.69) is 10.6 Å². The zero-order valence-electron chi connectivity index (χ0n) is 11.3. The van der Waals surface area contributed by atoms with E-state index in [-0.39, 0.29) is 12.2 Å². The predicted molar refractivity (Wildman–Crippen MR) is 67.8 cm³/mol. The molecule has 0 aliphatic carbocycles. The van der Waals surface area contributed by atoms with Gasteiger partial charge in [-0.3, -0.25) is 4.79 Å². The van der Waals surface area contributed by atoms with Gasteiger partial charge >= 0.3 is 0 Å². The van der Waals surface area contributed by atoms with E-state index in [1.807, 2.05) is 20.8 Å². The summed E-state index contributed by atoms with van der Waals surface area (Å²) in [4.78, 5) is 11.3. The van der Waals surface area contributed by atoms with Gasteiger partial charge in [0.25, 0.3) is 0 Å². The number of carbonyl (C=O) groups excluding carboxylic acids is 1. The van der Waals surface area contributed by atoms with Crippen LogP contribution in [0.3, 0.4) is 0 Å². The van der Waals surface area contributed by atoms with Crippen molar-refractivity contribution in [2.24, 2.45) is 0 Å². The molecule has 0 aromatic carbocycles. The number of amides is 1. The molecule has 0 unspecified atom stereocenters. The molecule has 0 aliphatic rings. The third-order valence-electron chi connectivity index (χ3n) is 2.12. The minimum Gasteiger partial charge on any atom is -0.355 e. The van der Waals surface area contributed by atoms with Crippen molar-refractivity contribution in [1.29, 1.82) is 0 Å². The van der Waals surface area contributed by atoms with Crippen LogP contribution in [-0.4, -0.2) is 45.0 Å². The van der Waals surface area contributed by atoms with Crippen molar-refractivity contribution in [1.82, 2.24) is 10.6 Å². The number of hydrogen-bond acceptors (Lipinski definition) is 4. The molecule has 0 saturated heterocycles. The van der Waals surface area contributed by atoms with Crippen LogP contribution >= 0.6 is 0 Å². The van der Waals surface area contributed by atoms with E-state index in [9.17, 15) is 4.79 Å².